The van der Waals surface area contributed by atoms with E-state index in [1.807, 2.05) is 0 Å². The second-order valence-electron chi connectivity index (χ2n) is 6.43. The van der Waals surface area contributed by atoms with Crippen LogP contribution in [0.3, 0.4) is 0 Å². The monoisotopic (exact) mass is 254 g/mol. The molecule has 0 saturated carbocycles. The van der Waals surface area contributed by atoms with Crippen LogP contribution in [0.4, 0.5) is 0 Å². The predicted octanol–water partition coefficient (Wildman–Crippen LogP) is 3.67. The number of unbranched alkanes of at least 4 members (excludes halogenated alkanes) is 4. The first-order valence-corrected chi connectivity index (χ1v) is 8.11. The largest absolute Gasteiger partial charge is 0.314 e. The Kier molecular flexibility index (Phi) is 7.92. The Labute approximate surface area is 115 Å². The normalized spacial score (nSPS) is 19.2. The average molecular weight is 254 g/mol. The highest BCUT2D eigenvalue weighted by Crippen LogP contribution is 2.21. The number of hydrogen-bond donors (Lipinski definition) is 1. The van der Waals surface area contributed by atoms with Crippen LogP contribution in [-0.2, 0) is 0 Å². The third-order valence-electron chi connectivity index (χ3n) is 4.15. The van der Waals surface area contributed by atoms with Gasteiger partial charge in [-0.3, -0.25) is 4.90 Å². The second-order valence-corrected chi connectivity index (χ2v) is 6.43. The summed E-state index contributed by atoms with van der Waals surface area (Å²) < 4.78 is 0. The van der Waals surface area contributed by atoms with Crippen LogP contribution in [-0.4, -0.2) is 36.6 Å². The minimum Gasteiger partial charge on any atom is -0.314 e. The molecule has 0 bridgehead atoms. The molecule has 1 fully saturated rings. The molecule has 0 aromatic rings. The van der Waals surface area contributed by atoms with Gasteiger partial charge in [-0.2, -0.15) is 0 Å². The van der Waals surface area contributed by atoms with Crippen LogP contribution in [0.1, 0.15) is 66.2 Å². The summed E-state index contributed by atoms with van der Waals surface area (Å²) in [7, 11) is 0. The van der Waals surface area contributed by atoms with Crippen LogP contribution in [0.5, 0.6) is 0 Å². The van der Waals surface area contributed by atoms with Gasteiger partial charge >= 0.3 is 0 Å². The molecule has 1 aliphatic heterocycles. The lowest BCUT2D eigenvalue weighted by Crippen LogP contribution is -2.54. The summed E-state index contributed by atoms with van der Waals surface area (Å²) in [5.74, 6) is 0.898. The highest BCUT2D eigenvalue weighted by atomic mass is 15.2. The Balaban J connectivity index is 1.96. The summed E-state index contributed by atoms with van der Waals surface area (Å²) in [5.41, 5.74) is 0. The van der Waals surface area contributed by atoms with Crippen molar-refractivity contribution < 1.29 is 0 Å². The fourth-order valence-electron chi connectivity index (χ4n) is 2.73. The summed E-state index contributed by atoms with van der Waals surface area (Å²) >= 11 is 0. The summed E-state index contributed by atoms with van der Waals surface area (Å²) in [6.45, 7) is 13.0. The van der Waals surface area contributed by atoms with Crippen molar-refractivity contribution in [3.05, 3.63) is 0 Å². The molecule has 1 aliphatic rings. The lowest BCUT2D eigenvalue weighted by atomic mass is 9.95. The van der Waals surface area contributed by atoms with Crippen molar-refractivity contribution in [3.8, 4) is 0 Å². The third kappa shape index (κ3) is 6.19. The number of rotatable bonds is 10. The van der Waals surface area contributed by atoms with Crippen molar-refractivity contribution in [2.24, 2.45) is 5.92 Å². The molecule has 0 amide bonds. The molecular formula is C16H34N2. The van der Waals surface area contributed by atoms with Crippen molar-refractivity contribution in [2.75, 3.05) is 19.6 Å². The molecule has 1 atom stereocenters. The maximum atomic E-state index is 3.55. The standard InChI is InChI=1S/C16H34N2/c1-5-6-7-8-9-10-15(4)18-12-16(13-18)11-17-14(2)3/h14-17H,5-13H2,1-4H3. The van der Waals surface area contributed by atoms with E-state index in [2.05, 4.69) is 37.9 Å². The van der Waals surface area contributed by atoms with Crippen LogP contribution < -0.4 is 5.32 Å². The van der Waals surface area contributed by atoms with E-state index < -0.39 is 0 Å². The fraction of sp³-hybridized carbons (Fsp3) is 1.00. The minimum atomic E-state index is 0.634. The van der Waals surface area contributed by atoms with E-state index in [0.29, 0.717) is 6.04 Å². The van der Waals surface area contributed by atoms with Crippen LogP contribution in [0.15, 0.2) is 0 Å². The van der Waals surface area contributed by atoms with E-state index in [1.165, 1.54) is 58.2 Å². The number of likely N-dealkylation sites (tertiary alicyclic amines) is 1. The van der Waals surface area contributed by atoms with Gasteiger partial charge in [0.05, 0.1) is 0 Å². The molecular weight excluding hydrogens is 220 g/mol. The van der Waals surface area contributed by atoms with Gasteiger partial charge in [-0.1, -0.05) is 52.9 Å². The van der Waals surface area contributed by atoms with Crippen LogP contribution in [0.25, 0.3) is 0 Å². The first kappa shape index (κ1) is 16.0. The van der Waals surface area contributed by atoms with Crippen LogP contribution >= 0.6 is 0 Å². The smallest absolute Gasteiger partial charge is 0.00671 e. The molecule has 18 heavy (non-hydrogen) atoms. The van der Waals surface area contributed by atoms with Gasteiger partial charge in [0, 0.05) is 31.7 Å². The first-order chi connectivity index (χ1) is 8.63. The highest BCUT2D eigenvalue weighted by molar-refractivity contribution is 4.85. The summed E-state index contributed by atoms with van der Waals surface area (Å²) in [4.78, 5) is 2.66. The SMILES string of the molecule is CCCCCCCC(C)N1CC(CNC(C)C)C1. The Bertz CT molecular complexity index is 197. The molecule has 108 valence electrons. The van der Waals surface area contributed by atoms with E-state index in [9.17, 15) is 0 Å². The predicted molar refractivity (Wildman–Crippen MR) is 81.0 cm³/mol. The van der Waals surface area contributed by atoms with Gasteiger partial charge in [-0.05, 0) is 19.3 Å². The first-order valence-electron chi connectivity index (χ1n) is 8.11. The van der Waals surface area contributed by atoms with E-state index in [4.69, 9.17) is 0 Å². The maximum Gasteiger partial charge on any atom is 0.00671 e. The molecule has 2 heteroatoms. The van der Waals surface area contributed by atoms with Gasteiger partial charge in [0.1, 0.15) is 0 Å². The van der Waals surface area contributed by atoms with E-state index >= 15 is 0 Å². The molecule has 0 spiro atoms. The number of nitrogens with one attached hydrogen (secondary N) is 1. The van der Waals surface area contributed by atoms with Gasteiger partial charge in [-0.15, -0.1) is 0 Å². The van der Waals surface area contributed by atoms with Crippen molar-refractivity contribution in [2.45, 2.75) is 78.3 Å². The highest BCUT2D eigenvalue weighted by Gasteiger charge is 2.29. The number of hydrogen-bond acceptors (Lipinski definition) is 2. The average Bonchev–Trinajstić information content (AvgIpc) is 2.26. The Hall–Kier alpha value is -0.0800. The summed E-state index contributed by atoms with van der Waals surface area (Å²) in [6, 6.07) is 1.44. The Morgan fingerprint density at radius 3 is 2.33 bits per heavy atom. The number of nitrogens with zero attached hydrogens (tertiary/aromatic N) is 1. The lowest BCUT2D eigenvalue weighted by molar-refractivity contribution is 0.0543. The molecule has 0 radical (unpaired) electrons. The zero-order valence-electron chi connectivity index (χ0n) is 13.0. The van der Waals surface area contributed by atoms with Gasteiger partial charge in [0.2, 0.25) is 0 Å². The Morgan fingerprint density at radius 1 is 1.06 bits per heavy atom. The topological polar surface area (TPSA) is 15.3 Å². The van der Waals surface area contributed by atoms with Crippen LogP contribution in [0.2, 0.25) is 0 Å². The quantitative estimate of drug-likeness (QED) is 0.599. The molecule has 1 heterocycles. The van der Waals surface area contributed by atoms with Crippen LogP contribution in [0, 0.1) is 5.92 Å². The molecule has 0 aromatic heterocycles. The zero-order chi connectivity index (χ0) is 13.4. The maximum absolute atomic E-state index is 3.55. The van der Waals surface area contributed by atoms with Crippen molar-refractivity contribution >= 4 is 0 Å². The zero-order valence-corrected chi connectivity index (χ0v) is 13.0. The molecule has 2 nitrogen and oxygen atoms in total. The van der Waals surface area contributed by atoms with E-state index in [1.54, 1.807) is 0 Å². The van der Waals surface area contributed by atoms with Gasteiger partial charge in [-0.25, -0.2) is 0 Å². The molecule has 0 aliphatic carbocycles. The summed E-state index contributed by atoms with van der Waals surface area (Å²) in [5, 5.41) is 3.55. The minimum absolute atomic E-state index is 0.634. The molecule has 1 rings (SSSR count). The molecule has 1 unspecified atom stereocenters. The van der Waals surface area contributed by atoms with E-state index in [-0.39, 0.29) is 0 Å². The second kappa shape index (κ2) is 8.92. The van der Waals surface area contributed by atoms with Crippen molar-refractivity contribution in [1.82, 2.24) is 10.2 Å². The van der Waals surface area contributed by atoms with Gasteiger partial charge in [0.25, 0.3) is 0 Å². The fourth-order valence-corrected chi connectivity index (χ4v) is 2.73. The Morgan fingerprint density at radius 2 is 1.72 bits per heavy atom. The molecule has 1 saturated heterocycles. The third-order valence-corrected chi connectivity index (χ3v) is 4.15. The molecule has 0 aromatic carbocycles. The van der Waals surface area contributed by atoms with Crippen molar-refractivity contribution in [1.29, 1.82) is 0 Å². The van der Waals surface area contributed by atoms with Gasteiger partial charge < -0.3 is 5.32 Å². The van der Waals surface area contributed by atoms with E-state index in [0.717, 1.165) is 12.0 Å². The molecule has 1 N–H and O–H groups in total. The summed E-state index contributed by atoms with van der Waals surface area (Å²) in [6.07, 6.45) is 8.46. The van der Waals surface area contributed by atoms with Crippen molar-refractivity contribution in [3.63, 3.8) is 0 Å². The van der Waals surface area contributed by atoms with Gasteiger partial charge in [0.15, 0.2) is 0 Å². The lowest BCUT2D eigenvalue weighted by Gasteiger charge is -2.43.